The van der Waals surface area contributed by atoms with E-state index in [1.165, 1.54) is 4.90 Å². The van der Waals surface area contributed by atoms with Crippen LogP contribution in [-0.4, -0.2) is 71.1 Å². The summed E-state index contributed by atoms with van der Waals surface area (Å²) in [5.41, 5.74) is 2.80. The van der Waals surface area contributed by atoms with Crippen molar-refractivity contribution >= 4 is 73.0 Å². The van der Waals surface area contributed by atoms with Crippen LogP contribution < -0.4 is 20.4 Å². The van der Waals surface area contributed by atoms with Crippen molar-refractivity contribution in [2.45, 2.75) is 25.5 Å². The summed E-state index contributed by atoms with van der Waals surface area (Å²) in [6, 6.07) is 12.0. The number of anilines is 3. The Morgan fingerprint density at radius 3 is 2.03 bits per heavy atom. The lowest BCUT2D eigenvalue weighted by atomic mass is 10.1. The first-order valence-electron chi connectivity index (χ1n) is 11.6. The first-order chi connectivity index (χ1) is 18.1. The van der Waals surface area contributed by atoms with E-state index in [-0.39, 0.29) is 13.0 Å². The summed E-state index contributed by atoms with van der Waals surface area (Å²) >= 11 is 6.93. The number of halogens is 2. The molecule has 0 saturated heterocycles. The molecule has 0 fully saturated rings. The van der Waals surface area contributed by atoms with Crippen LogP contribution in [0, 0.1) is 0 Å². The lowest BCUT2D eigenvalue weighted by molar-refractivity contribution is -0.140. The van der Waals surface area contributed by atoms with Crippen LogP contribution in [0.2, 0.25) is 0 Å². The summed E-state index contributed by atoms with van der Waals surface area (Å²) in [4.78, 5) is 50.1. The summed E-state index contributed by atoms with van der Waals surface area (Å²) in [7, 11) is 1.62. The van der Waals surface area contributed by atoms with Crippen molar-refractivity contribution in [3.05, 3.63) is 54.1 Å². The first kappa shape index (κ1) is 30.9. The molecule has 206 valence electrons. The molecule has 1 atom stereocenters. The number of hydrogen-bond donors (Lipinski definition) is 4. The first-order valence-corrected chi connectivity index (χ1v) is 13.9. The molecule has 0 saturated carbocycles. The van der Waals surface area contributed by atoms with Crippen LogP contribution in [0.5, 0.6) is 0 Å². The zero-order chi connectivity index (χ0) is 28.1. The molecule has 0 aliphatic carbocycles. The van der Waals surface area contributed by atoms with E-state index < -0.39 is 36.5 Å². The van der Waals surface area contributed by atoms with Gasteiger partial charge in [-0.1, -0.05) is 44.0 Å². The molecule has 0 bridgehead atoms. The Labute approximate surface area is 237 Å². The molecule has 0 spiro atoms. The molecular weight excluding hydrogens is 628 g/mol. The second kappa shape index (κ2) is 15.8. The van der Waals surface area contributed by atoms with Gasteiger partial charge in [0.15, 0.2) is 0 Å². The summed E-state index contributed by atoms with van der Waals surface area (Å²) in [6.07, 6.45) is -1.16. The van der Waals surface area contributed by atoms with Gasteiger partial charge in [0, 0.05) is 54.3 Å². The number of rotatable bonds is 14. The number of hydrogen-bond acceptors (Lipinski definition) is 6. The van der Waals surface area contributed by atoms with Gasteiger partial charge >= 0.3 is 24.1 Å². The minimum Gasteiger partial charge on any atom is -0.481 e. The average Bonchev–Trinajstić information content (AvgIpc) is 2.89. The number of carbonyl (C=O) groups is 4. The predicted molar refractivity (Wildman–Crippen MR) is 152 cm³/mol. The van der Waals surface area contributed by atoms with Crippen LogP contribution in [0.25, 0.3) is 0 Å². The molecule has 0 radical (unpaired) electrons. The number of ether oxygens (including phenoxy) is 1. The molecule has 0 aliphatic heterocycles. The number of amides is 3. The fourth-order valence-electron chi connectivity index (χ4n) is 3.34. The molecule has 38 heavy (non-hydrogen) atoms. The molecule has 4 N–H and O–H groups in total. The smallest absolute Gasteiger partial charge is 0.414 e. The second-order valence-electron chi connectivity index (χ2n) is 8.11. The summed E-state index contributed by atoms with van der Waals surface area (Å²) in [5, 5.41) is 24.3. The lowest BCUT2D eigenvalue weighted by Gasteiger charge is -2.24. The van der Waals surface area contributed by atoms with Gasteiger partial charge in [-0.15, -0.1) is 0 Å². The van der Waals surface area contributed by atoms with Gasteiger partial charge in [0.05, 0.1) is 0 Å². The lowest BCUT2D eigenvalue weighted by Crippen LogP contribution is -2.43. The highest BCUT2D eigenvalue weighted by Crippen LogP contribution is 2.21. The average molecular weight is 658 g/mol. The SMILES string of the molecule is CN(C(=O)OCc1ccc(NC(=O)N[C@@H](CCC(=O)O)C(=O)O)cc1)c1ccc(N(CCBr)CCBr)cc1. The second-order valence-corrected chi connectivity index (χ2v) is 9.70. The van der Waals surface area contributed by atoms with Crippen LogP contribution in [0.3, 0.4) is 0 Å². The normalized spacial score (nSPS) is 11.2. The Bertz CT molecular complexity index is 1080. The van der Waals surface area contributed by atoms with Gasteiger partial charge in [0.1, 0.15) is 12.6 Å². The van der Waals surface area contributed by atoms with Gasteiger partial charge in [-0.2, -0.15) is 0 Å². The number of carboxylic acids is 2. The van der Waals surface area contributed by atoms with Gasteiger partial charge in [-0.3, -0.25) is 9.69 Å². The van der Waals surface area contributed by atoms with E-state index in [0.717, 1.165) is 29.4 Å². The highest BCUT2D eigenvalue weighted by Gasteiger charge is 2.21. The molecule has 2 aromatic carbocycles. The van der Waals surface area contributed by atoms with Gasteiger partial charge < -0.3 is 30.5 Å². The molecule has 2 rings (SSSR count). The summed E-state index contributed by atoms with van der Waals surface area (Å²) < 4.78 is 5.40. The number of urea groups is 1. The van der Waals surface area contributed by atoms with Crippen molar-refractivity contribution in [3.8, 4) is 0 Å². The van der Waals surface area contributed by atoms with Gasteiger partial charge in [0.2, 0.25) is 0 Å². The van der Waals surface area contributed by atoms with Crippen molar-refractivity contribution in [2.75, 3.05) is 45.9 Å². The van der Waals surface area contributed by atoms with Crippen LogP contribution in [0.1, 0.15) is 18.4 Å². The predicted octanol–water partition coefficient (Wildman–Crippen LogP) is 4.50. The fraction of sp³-hybridized carbons (Fsp3) is 0.360. The minimum atomic E-state index is -1.33. The van der Waals surface area contributed by atoms with Crippen molar-refractivity contribution in [1.29, 1.82) is 0 Å². The molecule has 13 heteroatoms. The number of aliphatic carboxylic acids is 2. The maximum Gasteiger partial charge on any atom is 0.414 e. The Kier molecular flexibility index (Phi) is 12.9. The monoisotopic (exact) mass is 656 g/mol. The Morgan fingerprint density at radius 1 is 0.921 bits per heavy atom. The number of alkyl halides is 2. The number of carboxylic acid groups (broad SMARTS) is 2. The molecule has 0 aromatic heterocycles. The van der Waals surface area contributed by atoms with E-state index in [0.29, 0.717) is 16.9 Å². The van der Waals surface area contributed by atoms with E-state index >= 15 is 0 Å². The quantitative estimate of drug-likeness (QED) is 0.217. The number of carbonyl (C=O) groups excluding carboxylic acids is 2. The molecule has 3 amide bonds. The van der Waals surface area contributed by atoms with Crippen molar-refractivity contribution in [2.24, 2.45) is 0 Å². The van der Waals surface area contributed by atoms with Crippen molar-refractivity contribution in [3.63, 3.8) is 0 Å². The number of nitrogens with one attached hydrogen (secondary N) is 2. The van der Waals surface area contributed by atoms with E-state index in [1.54, 1.807) is 31.3 Å². The van der Waals surface area contributed by atoms with Crippen LogP contribution >= 0.6 is 31.9 Å². The Hall–Kier alpha value is -3.32. The summed E-state index contributed by atoms with van der Waals surface area (Å²) in [6.45, 7) is 1.73. The maximum atomic E-state index is 12.5. The molecule has 2 aromatic rings. The van der Waals surface area contributed by atoms with Crippen molar-refractivity contribution in [1.82, 2.24) is 5.32 Å². The van der Waals surface area contributed by atoms with Gasteiger partial charge in [0.25, 0.3) is 0 Å². The third kappa shape index (κ3) is 10.2. The maximum absolute atomic E-state index is 12.5. The molecule has 11 nitrogen and oxygen atoms in total. The van der Waals surface area contributed by atoms with Crippen LogP contribution in [-0.2, 0) is 20.9 Å². The highest BCUT2D eigenvalue weighted by atomic mass is 79.9. The number of benzene rings is 2. The third-order valence-corrected chi connectivity index (χ3v) is 6.12. The largest absolute Gasteiger partial charge is 0.481 e. The molecule has 0 unspecified atom stereocenters. The van der Waals surface area contributed by atoms with Gasteiger partial charge in [-0.25, -0.2) is 14.4 Å². The van der Waals surface area contributed by atoms with Crippen LogP contribution in [0.4, 0.5) is 26.7 Å². The van der Waals surface area contributed by atoms with Crippen LogP contribution in [0.15, 0.2) is 48.5 Å². The minimum absolute atomic E-state index is 0.00822. The topological polar surface area (TPSA) is 149 Å². The number of nitrogens with zero attached hydrogens (tertiary/aromatic N) is 2. The van der Waals surface area contributed by atoms with E-state index in [2.05, 4.69) is 47.4 Å². The molecular formula is C25H30Br2N4O7. The highest BCUT2D eigenvalue weighted by molar-refractivity contribution is 9.09. The summed E-state index contributed by atoms with van der Waals surface area (Å²) in [5.74, 6) is -2.48. The zero-order valence-electron chi connectivity index (χ0n) is 20.7. The molecule has 0 aliphatic rings. The van der Waals surface area contributed by atoms with E-state index in [9.17, 15) is 19.2 Å². The Balaban J connectivity index is 1.87. The van der Waals surface area contributed by atoms with Gasteiger partial charge in [-0.05, 0) is 48.4 Å². The van der Waals surface area contributed by atoms with E-state index in [1.807, 2.05) is 24.3 Å². The Morgan fingerprint density at radius 2 is 1.50 bits per heavy atom. The van der Waals surface area contributed by atoms with Crippen molar-refractivity contribution < 1.29 is 34.1 Å². The fourth-order valence-corrected chi connectivity index (χ4v) is 4.20. The van der Waals surface area contributed by atoms with E-state index in [4.69, 9.17) is 14.9 Å². The zero-order valence-corrected chi connectivity index (χ0v) is 23.9. The third-order valence-electron chi connectivity index (χ3n) is 5.41. The standard InChI is InChI=1S/C25H30Br2N4O7/c1-30(19-6-8-20(9-7-19)31(14-12-26)15-13-27)25(37)38-16-17-2-4-18(5-3-17)28-24(36)29-21(23(34)35)10-11-22(32)33/h2-9,21H,10-16H2,1H3,(H,32,33)(H,34,35)(H2,28,29,36)/t21-/m0/s1. The molecule has 0 heterocycles.